The molecule has 5 atom stereocenters. The van der Waals surface area contributed by atoms with Crippen molar-refractivity contribution in [1.82, 2.24) is 0 Å². The minimum atomic E-state index is -0.434. The SMILES string of the molecule is COC(=O)[C@@H]([Se][C@@H]1C(=O)[C@]2(C)CC[C@H]1C2(C)C)[C@@H](CC(C)=O)c1ccccc1. The van der Waals surface area contributed by atoms with E-state index in [2.05, 4.69) is 20.8 Å². The number of hydrogen-bond donors (Lipinski definition) is 0. The molecule has 152 valence electrons. The van der Waals surface area contributed by atoms with Gasteiger partial charge in [0.2, 0.25) is 0 Å². The number of methoxy groups -OCH3 is 1. The maximum absolute atomic E-state index is 13.3. The van der Waals surface area contributed by atoms with Crippen LogP contribution in [0.1, 0.15) is 58.4 Å². The van der Waals surface area contributed by atoms with Gasteiger partial charge in [0.25, 0.3) is 0 Å². The van der Waals surface area contributed by atoms with Crippen LogP contribution < -0.4 is 0 Å². The van der Waals surface area contributed by atoms with Crippen molar-refractivity contribution in [3.05, 3.63) is 35.9 Å². The Morgan fingerprint density at radius 2 is 1.86 bits per heavy atom. The zero-order valence-electron chi connectivity index (χ0n) is 17.4. The van der Waals surface area contributed by atoms with E-state index in [1.165, 1.54) is 7.11 Å². The van der Waals surface area contributed by atoms with Crippen molar-refractivity contribution in [3.8, 4) is 0 Å². The number of esters is 1. The van der Waals surface area contributed by atoms with E-state index in [-0.39, 0.29) is 54.7 Å². The molecule has 2 fully saturated rings. The summed E-state index contributed by atoms with van der Waals surface area (Å²) in [5, 5.41) is 0. The monoisotopic (exact) mass is 450 g/mol. The van der Waals surface area contributed by atoms with Crippen molar-refractivity contribution in [1.29, 1.82) is 0 Å². The van der Waals surface area contributed by atoms with E-state index in [1.54, 1.807) is 6.92 Å². The van der Waals surface area contributed by atoms with Gasteiger partial charge in [-0.3, -0.25) is 0 Å². The van der Waals surface area contributed by atoms with Crippen molar-refractivity contribution in [2.24, 2.45) is 16.7 Å². The quantitative estimate of drug-likeness (QED) is 0.462. The van der Waals surface area contributed by atoms with Gasteiger partial charge in [-0.05, 0) is 0 Å². The van der Waals surface area contributed by atoms with Crippen LogP contribution >= 0.6 is 0 Å². The molecule has 4 nitrogen and oxygen atoms in total. The van der Waals surface area contributed by atoms with Crippen LogP contribution in [0.15, 0.2) is 30.3 Å². The average molecular weight is 449 g/mol. The Balaban J connectivity index is 1.95. The molecule has 2 bridgehead atoms. The number of ether oxygens (including phenoxy) is 1. The summed E-state index contributed by atoms with van der Waals surface area (Å²) in [6, 6.07) is 9.71. The van der Waals surface area contributed by atoms with Crippen molar-refractivity contribution < 1.29 is 19.1 Å². The molecule has 0 aliphatic heterocycles. The first-order valence-corrected chi connectivity index (χ1v) is 11.9. The normalized spacial score (nSPS) is 30.1. The molecule has 0 N–H and O–H groups in total. The summed E-state index contributed by atoms with van der Waals surface area (Å²) in [7, 11) is 1.40. The van der Waals surface area contributed by atoms with Gasteiger partial charge in [0.05, 0.1) is 0 Å². The van der Waals surface area contributed by atoms with Gasteiger partial charge < -0.3 is 0 Å². The zero-order chi connectivity index (χ0) is 20.7. The van der Waals surface area contributed by atoms with E-state index in [9.17, 15) is 14.4 Å². The molecule has 1 aromatic carbocycles. The Labute approximate surface area is 174 Å². The number of carbonyl (C=O) groups is 3. The molecule has 0 amide bonds. The third-order valence-electron chi connectivity index (χ3n) is 7.30. The van der Waals surface area contributed by atoms with Gasteiger partial charge in [-0.25, -0.2) is 0 Å². The van der Waals surface area contributed by atoms with E-state index < -0.39 is 4.82 Å². The van der Waals surface area contributed by atoms with Gasteiger partial charge in [-0.1, -0.05) is 0 Å². The molecule has 0 aromatic heterocycles. The number of rotatable bonds is 7. The minimum absolute atomic E-state index is 0.0417. The zero-order valence-corrected chi connectivity index (χ0v) is 19.1. The summed E-state index contributed by atoms with van der Waals surface area (Å²) >= 11 is -0.264. The van der Waals surface area contributed by atoms with E-state index >= 15 is 0 Å². The molecule has 0 radical (unpaired) electrons. The molecule has 28 heavy (non-hydrogen) atoms. The Hall–Kier alpha value is -1.45. The van der Waals surface area contributed by atoms with Crippen LogP contribution in [0.5, 0.6) is 0 Å². The molecule has 2 aliphatic carbocycles. The van der Waals surface area contributed by atoms with Crippen LogP contribution in [0.2, 0.25) is 9.63 Å². The maximum atomic E-state index is 13.3. The molecular weight excluding hydrogens is 419 g/mol. The van der Waals surface area contributed by atoms with Crippen LogP contribution in [0.25, 0.3) is 0 Å². The fraction of sp³-hybridized carbons (Fsp3) is 0.609. The van der Waals surface area contributed by atoms with E-state index in [1.807, 2.05) is 30.3 Å². The molecule has 1 aromatic rings. The van der Waals surface area contributed by atoms with E-state index in [4.69, 9.17) is 4.74 Å². The first-order valence-electron chi connectivity index (χ1n) is 9.95. The van der Waals surface area contributed by atoms with Crippen LogP contribution in [-0.2, 0) is 19.1 Å². The average Bonchev–Trinajstić information content (AvgIpc) is 2.97. The fourth-order valence-corrected chi connectivity index (χ4v) is 9.39. The van der Waals surface area contributed by atoms with Crippen molar-refractivity contribution in [2.45, 2.75) is 62.5 Å². The molecule has 0 heterocycles. The summed E-state index contributed by atoms with van der Waals surface area (Å²) in [4.78, 5) is 37.6. The number of Topliss-reactive ketones (excluding diaryl/α,β-unsaturated/α-hetero) is 2. The number of hydrogen-bond acceptors (Lipinski definition) is 4. The molecule has 3 rings (SSSR count). The van der Waals surface area contributed by atoms with Crippen LogP contribution in [0.3, 0.4) is 0 Å². The molecule has 0 saturated heterocycles. The van der Waals surface area contributed by atoms with Crippen molar-refractivity contribution in [2.75, 3.05) is 7.11 Å². The fourth-order valence-electron chi connectivity index (χ4n) is 5.16. The van der Waals surface area contributed by atoms with Gasteiger partial charge in [-0.15, -0.1) is 0 Å². The standard InChI is InChI=1S/C23H30O4Se/c1-14(24)13-16(15-9-7-6-8-10-15)18(21(26)27-5)28-19-17-11-12-23(4,20(19)25)22(17,2)3/h6-10,16-19H,11-13H2,1-5H3/t16-,17+,18-,19-,23-/m0/s1. The molecule has 2 saturated carbocycles. The van der Waals surface area contributed by atoms with Crippen LogP contribution in [0.4, 0.5) is 0 Å². The second-order valence-corrected chi connectivity index (χ2v) is 11.7. The van der Waals surface area contributed by atoms with E-state index in [0.717, 1.165) is 18.4 Å². The molecular formula is C23H30O4Se. The number of fused-ring (bicyclic) bond motifs is 2. The van der Waals surface area contributed by atoms with Gasteiger partial charge in [0.15, 0.2) is 0 Å². The summed E-state index contributed by atoms with van der Waals surface area (Å²) in [6.07, 6.45) is 2.27. The molecule has 2 aliphatic rings. The second-order valence-electron chi connectivity index (χ2n) is 8.99. The Kier molecular flexibility index (Phi) is 5.89. The Morgan fingerprint density at radius 1 is 1.21 bits per heavy atom. The third kappa shape index (κ3) is 3.37. The summed E-state index contributed by atoms with van der Waals surface area (Å²) in [5.41, 5.74) is 0.629. The predicted octanol–water partition coefficient (Wildman–Crippen LogP) is 4.23. The van der Waals surface area contributed by atoms with Gasteiger partial charge in [-0.2, -0.15) is 0 Å². The topological polar surface area (TPSA) is 60.4 Å². The van der Waals surface area contributed by atoms with Crippen LogP contribution in [0, 0.1) is 16.7 Å². The number of ketones is 2. The summed E-state index contributed by atoms with van der Waals surface area (Å²) < 4.78 is 5.15. The van der Waals surface area contributed by atoms with Crippen molar-refractivity contribution in [3.63, 3.8) is 0 Å². The third-order valence-corrected chi connectivity index (χ3v) is 10.8. The first-order chi connectivity index (χ1) is 13.1. The number of benzene rings is 1. The van der Waals surface area contributed by atoms with Gasteiger partial charge >= 0.3 is 174 Å². The van der Waals surface area contributed by atoms with Gasteiger partial charge in [0, 0.05) is 0 Å². The Morgan fingerprint density at radius 3 is 2.36 bits per heavy atom. The first kappa shape index (κ1) is 21.3. The van der Waals surface area contributed by atoms with Crippen molar-refractivity contribution >= 4 is 32.5 Å². The molecule has 5 heteroatoms. The number of carbonyl (C=O) groups excluding carboxylic acids is 3. The molecule has 0 unspecified atom stereocenters. The second kappa shape index (κ2) is 7.76. The summed E-state index contributed by atoms with van der Waals surface area (Å²) in [5.74, 6) is 0.135. The Bertz CT molecular complexity index is 772. The summed E-state index contributed by atoms with van der Waals surface area (Å²) in [6.45, 7) is 8.07. The molecule has 0 spiro atoms. The van der Waals surface area contributed by atoms with Crippen LogP contribution in [-0.4, -0.2) is 39.6 Å². The van der Waals surface area contributed by atoms with Gasteiger partial charge in [0.1, 0.15) is 0 Å². The van der Waals surface area contributed by atoms with E-state index in [0.29, 0.717) is 11.7 Å². The predicted molar refractivity (Wildman–Crippen MR) is 109 cm³/mol.